The number of ether oxygens (including phenoxy) is 1. The first-order valence-corrected chi connectivity index (χ1v) is 7.40. The lowest BCUT2D eigenvalue weighted by atomic mass is 9.98. The van der Waals surface area contributed by atoms with Gasteiger partial charge in [0, 0.05) is 26.3 Å². The van der Waals surface area contributed by atoms with E-state index in [1.165, 1.54) is 0 Å². The van der Waals surface area contributed by atoms with E-state index in [9.17, 15) is 9.59 Å². The first-order valence-electron chi connectivity index (χ1n) is 7.40. The van der Waals surface area contributed by atoms with Gasteiger partial charge in [0.2, 0.25) is 11.8 Å². The molecule has 0 aromatic heterocycles. The fourth-order valence-corrected chi connectivity index (χ4v) is 2.82. The molecule has 0 aliphatic carbocycles. The number of nitrogens with zero attached hydrogens (tertiary/aromatic N) is 2. The Morgan fingerprint density at radius 1 is 1.26 bits per heavy atom. The number of carbonyl (C=O) groups excluding carboxylic acids is 2. The smallest absolute Gasteiger partial charge is 0.245 e. The van der Waals surface area contributed by atoms with Gasteiger partial charge in [-0.1, -0.05) is 6.92 Å². The van der Waals surface area contributed by atoms with E-state index in [1.54, 1.807) is 9.80 Å². The Morgan fingerprint density at radius 2 is 2.11 bits per heavy atom. The number of hydrogen-bond donors (Lipinski definition) is 0. The number of piperidine rings is 1. The van der Waals surface area contributed by atoms with Crippen molar-refractivity contribution in [3.63, 3.8) is 0 Å². The van der Waals surface area contributed by atoms with Gasteiger partial charge in [0.25, 0.3) is 0 Å². The second-order valence-corrected chi connectivity index (χ2v) is 5.32. The summed E-state index contributed by atoms with van der Waals surface area (Å²) in [5.41, 5.74) is 0. The third-order valence-corrected chi connectivity index (χ3v) is 3.81. The number of rotatable bonds is 6. The third kappa shape index (κ3) is 3.47. The molecule has 5 nitrogen and oxygen atoms in total. The molecule has 2 heterocycles. The molecule has 2 rings (SSSR count). The Bertz CT molecular complexity index is 333. The topological polar surface area (TPSA) is 49.9 Å². The first kappa shape index (κ1) is 14.3. The van der Waals surface area contributed by atoms with Crippen molar-refractivity contribution in [3.05, 3.63) is 0 Å². The molecular weight excluding hydrogens is 244 g/mol. The molecule has 2 fully saturated rings. The van der Waals surface area contributed by atoms with Crippen LogP contribution in [0.3, 0.4) is 0 Å². The van der Waals surface area contributed by atoms with Crippen LogP contribution in [-0.4, -0.2) is 60.5 Å². The van der Waals surface area contributed by atoms with Crippen molar-refractivity contribution < 1.29 is 14.3 Å². The minimum atomic E-state index is -0.188. The van der Waals surface area contributed by atoms with Crippen molar-refractivity contribution in [2.24, 2.45) is 0 Å². The Balaban J connectivity index is 1.81. The van der Waals surface area contributed by atoms with Crippen LogP contribution in [0.15, 0.2) is 0 Å². The summed E-state index contributed by atoms with van der Waals surface area (Å²) in [4.78, 5) is 27.8. The molecule has 5 heteroatoms. The van der Waals surface area contributed by atoms with Gasteiger partial charge in [0.1, 0.15) is 6.04 Å². The summed E-state index contributed by atoms with van der Waals surface area (Å²) in [6, 6.07) is -0.188. The molecule has 2 saturated heterocycles. The number of carbonyl (C=O) groups is 2. The van der Waals surface area contributed by atoms with Gasteiger partial charge in [-0.2, -0.15) is 0 Å². The largest absolute Gasteiger partial charge is 0.381 e. The van der Waals surface area contributed by atoms with Crippen molar-refractivity contribution in [2.45, 2.75) is 45.1 Å². The second kappa shape index (κ2) is 6.89. The van der Waals surface area contributed by atoms with Crippen LogP contribution in [-0.2, 0) is 14.3 Å². The molecule has 1 unspecified atom stereocenters. The van der Waals surface area contributed by atoms with E-state index in [0.717, 1.165) is 45.3 Å². The van der Waals surface area contributed by atoms with Gasteiger partial charge < -0.3 is 14.5 Å². The van der Waals surface area contributed by atoms with E-state index in [4.69, 9.17) is 4.74 Å². The quantitative estimate of drug-likeness (QED) is 0.676. The van der Waals surface area contributed by atoms with E-state index in [-0.39, 0.29) is 24.4 Å². The maximum Gasteiger partial charge on any atom is 0.245 e. The highest BCUT2D eigenvalue weighted by atomic mass is 16.5. The van der Waals surface area contributed by atoms with E-state index in [2.05, 4.69) is 6.92 Å². The summed E-state index contributed by atoms with van der Waals surface area (Å²) in [5, 5.41) is 0. The zero-order valence-corrected chi connectivity index (χ0v) is 11.8. The highest BCUT2D eigenvalue weighted by molar-refractivity contribution is 5.95. The van der Waals surface area contributed by atoms with Crippen LogP contribution >= 0.6 is 0 Å². The summed E-state index contributed by atoms with van der Waals surface area (Å²) in [7, 11) is 0. The summed E-state index contributed by atoms with van der Waals surface area (Å²) >= 11 is 0. The molecule has 0 aromatic rings. The highest BCUT2D eigenvalue weighted by Crippen LogP contribution is 2.23. The van der Waals surface area contributed by atoms with Crippen LogP contribution in [0.5, 0.6) is 0 Å². The van der Waals surface area contributed by atoms with Gasteiger partial charge >= 0.3 is 0 Å². The standard InChI is InChI=1S/C14H24N2O3/c1-2-9-19-10-5-7-15-11-13(17)16-8-4-3-6-12(16)14(15)18/h12H,2-11H2,1H3. The average molecular weight is 268 g/mol. The number of piperazine rings is 1. The molecule has 1 atom stereocenters. The van der Waals surface area contributed by atoms with Crippen LogP contribution in [0, 0.1) is 0 Å². The van der Waals surface area contributed by atoms with Gasteiger partial charge in [-0.3, -0.25) is 9.59 Å². The van der Waals surface area contributed by atoms with E-state index in [1.807, 2.05) is 0 Å². The molecule has 0 N–H and O–H groups in total. The fourth-order valence-electron chi connectivity index (χ4n) is 2.82. The Kier molecular flexibility index (Phi) is 5.19. The maximum absolute atomic E-state index is 12.3. The predicted molar refractivity (Wildman–Crippen MR) is 71.7 cm³/mol. The number of hydrogen-bond acceptors (Lipinski definition) is 3. The fraction of sp³-hybridized carbons (Fsp3) is 0.857. The van der Waals surface area contributed by atoms with Crippen LogP contribution in [0.4, 0.5) is 0 Å². The average Bonchev–Trinajstić information content (AvgIpc) is 2.44. The second-order valence-electron chi connectivity index (χ2n) is 5.32. The lowest BCUT2D eigenvalue weighted by Gasteiger charge is -2.42. The van der Waals surface area contributed by atoms with Gasteiger partial charge in [-0.25, -0.2) is 0 Å². The molecule has 2 aliphatic rings. The molecule has 0 bridgehead atoms. The van der Waals surface area contributed by atoms with Crippen molar-refractivity contribution >= 4 is 11.8 Å². The highest BCUT2D eigenvalue weighted by Gasteiger charge is 2.39. The van der Waals surface area contributed by atoms with Crippen LogP contribution in [0.2, 0.25) is 0 Å². The lowest BCUT2D eigenvalue weighted by molar-refractivity contribution is -0.157. The molecule has 108 valence electrons. The zero-order valence-electron chi connectivity index (χ0n) is 11.8. The molecule has 0 saturated carbocycles. The van der Waals surface area contributed by atoms with Gasteiger partial charge in [0.05, 0.1) is 6.54 Å². The number of amides is 2. The minimum absolute atomic E-state index is 0.110. The monoisotopic (exact) mass is 268 g/mol. The van der Waals surface area contributed by atoms with Gasteiger partial charge in [-0.05, 0) is 32.1 Å². The Hall–Kier alpha value is -1.10. The lowest BCUT2D eigenvalue weighted by Crippen LogP contribution is -2.61. The van der Waals surface area contributed by atoms with Crippen LogP contribution in [0.1, 0.15) is 39.0 Å². The minimum Gasteiger partial charge on any atom is -0.381 e. The van der Waals surface area contributed by atoms with E-state index >= 15 is 0 Å². The molecular formula is C14H24N2O3. The summed E-state index contributed by atoms with van der Waals surface area (Å²) in [6.07, 6.45) is 4.73. The molecule has 2 aliphatic heterocycles. The molecule has 19 heavy (non-hydrogen) atoms. The molecule has 2 amide bonds. The van der Waals surface area contributed by atoms with Crippen LogP contribution < -0.4 is 0 Å². The predicted octanol–water partition coefficient (Wildman–Crippen LogP) is 1.03. The van der Waals surface area contributed by atoms with Crippen molar-refractivity contribution in [3.8, 4) is 0 Å². The summed E-state index contributed by atoms with van der Waals surface area (Å²) < 4.78 is 5.41. The molecule has 0 aromatic carbocycles. The van der Waals surface area contributed by atoms with Gasteiger partial charge in [0.15, 0.2) is 0 Å². The van der Waals surface area contributed by atoms with Crippen molar-refractivity contribution in [1.82, 2.24) is 9.80 Å². The summed E-state index contributed by atoms with van der Waals surface area (Å²) in [6.45, 7) is 5.15. The SMILES string of the molecule is CCCOCCCN1CC(=O)N2CCCCC2C1=O. The Labute approximate surface area is 114 Å². The van der Waals surface area contributed by atoms with Crippen molar-refractivity contribution in [2.75, 3.05) is 32.8 Å². The van der Waals surface area contributed by atoms with Crippen LogP contribution in [0.25, 0.3) is 0 Å². The van der Waals surface area contributed by atoms with E-state index < -0.39 is 0 Å². The summed E-state index contributed by atoms with van der Waals surface area (Å²) in [5.74, 6) is 0.244. The number of fused-ring (bicyclic) bond motifs is 1. The van der Waals surface area contributed by atoms with Crippen molar-refractivity contribution in [1.29, 1.82) is 0 Å². The first-order chi connectivity index (χ1) is 9.24. The normalized spacial score (nSPS) is 23.7. The molecule has 0 radical (unpaired) electrons. The zero-order chi connectivity index (χ0) is 13.7. The van der Waals surface area contributed by atoms with E-state index in [0.29, 0.717) is 13.2 Å². The maximum atomic E-state index is 12.3. The molecule has 0 spiro atoms. The third-order valence-electron chi connectivity index (χ3n) is 3.81. The Morgan fingerprint density at radius 3 is 2.89 bits per heavy atom. The van der Waals surface area contributed by atoms with Gasteiger partial charge in [-0.15, -0.1) is 0 Å².